The van der Waals surface area contributed by atoms with Crippen molar-refractivity contribution in [2.75, 3.05) is 13.2 Å². The molecule has 1 atom stereocenters. The van der Waals surface area contributed by atoms with E-state index >= 15 is 0 Å². The molecule has 52 valence electrons. The molecule has 1 heterocycles. The second-order valence-electron chi connectivity index (χ2n) is 2.14. The molecule has 1 unspecified atom stereocenters. The van der Waals surface area contributed by atoms with Crippen molar-refractivity contribution in [1.82, 2.24) is 0 Å². The molecule has 0 aromatic rings. The minimum absolute atomic E-state index is 0. The van der Waals surface area contributed by atoms with Crippen LogP contribution in [0.4, 0.5) is 0 Å². The fraction of sp³-hybridized carbons (Fsp3) is 0.800. The summed E-state index contributed by atoms with van der Waals surface area (Å²) in [6.07, 6.45) is 0. The third-order valence-electron chi connectivity index (χ3n) is 1.44. The average Bonchev–Trinajstić information content (AvgIpc) is 1.60. The zero-order valence-electron chi connectivity index (χ0n) is 5.87. The van der Waals surface area contributed by atoms with Crippen LogP contribution in [0.15, 0.2) is 0 Å². The fourth-order valence-electron chi connectivity index (χ4n) is 0.654. The zero-order chi connectivity index (χ0) is 6.85. The van der Waals surface area contributed by atoms with Crippen LogP contribution < -0.4 is 29.7 Å². The van der Waals surface area contributed by atoms with Gasteiger partial charge in [-0.15, -0.1) is 0 Å². The number of carboxylic acid groups (broad SMARTS) is 1. The maximum atomic E-state index is 10.0. The Morgan fingerprint density at radius 3 is 2.30 bits per heavy atom. The molecule has 10 heavy (non-hydrogen) atoms. The van der Waals surface area contributed by atoms with Gasteiger partial charge in [-0.3, -0.25) is 0 Å². The first-order valence-corrected chi connectivity index (χ1v) is 2.76. The second-order valence-corrected chi connectivity index (χ2v) is 2.14. The van der Waals surface area contributed by atoms with Gasteiger partial charge in [0.1, 0.15) is 0 Å². The Labute approximate surface area is 70.9 Å². The van der Waals surface area contributed by atoms with E-state index in [0.29, 0.717) is 13.2 Å². The Kier molecular flexibility index (Phi) is 3.99. The van der Waals surface area contributed by atoms with Crippen molar-refractivity contribution in [2.45, 2.75) is 6.04 Å². The Morgan fingerprint density at radius 2 is 2.20 bits per heavy atom. The monoisotopic (exact) mass is 137 g/mol. The van der Waals surface area contributed by atoms with E-state index in [1.54, 1.807) is 0 Å². The summed E-state index contributed by atoms with van der Waals surface area (Å²) in [6.45, 7) is 0.907. The molecule has 0 aliphatic carbocycles. The molecule has 0 bridgehead atoms. The number of aliphatic carboxylic acids is 1. The van der Waals surface area contributed by atoms with Crippen LogP contribution in [-0.2, 0) is 9.53 Å². The Hall–Kier alpha value is -0.0126. The van der Waals surface area contributed by atoms with E-state index < -0.39 is 12.0 Å². The third kappa shape index (κ3) is 1.99. The molecular formula is C5H8LiNO3. The number of carbonyl (C=O) groups excluding carboxylic acids is 1. The fourth-order valence-corrected chi connectivity index (χ4v) is 0.654. The molecule has 0 aromatic carbocycles. The molecule has 1 saturated heterocycles. The van der Waals surface area contributed by atoms with Crippen molar-refractivity contribution in [2.24, 2.45) is 11.7 Å². The van der Waals surface area contributed by atoms with Crippen LogP contribution >= 0.6 is 0 Å². The summed E-state index contributed by atoms with van der Waals surface area (Å²) >= 11 is 0. The maximum absolute atomic E-state index is 10.0. The Bertz CT molecular complexity index is 126. The maximum Gasteiger partial charge on any atom is 1.00 e. The first-order valence-electron chi connectivity index (χ1n) is 2.76. The van der Waals surface area contributed by atoms with Crippen molar-refractivity contribution in [3.05, 3.63) is 0 Å². The summed E-state index contributed by atoms with van der Waals surface area (Å²) in [4.78, 5) is 10.0. The summed E-state index contributed by atoms with van der Waals surface area (Å²) < 4.78 is 4.74. The van der Waals surface area contributed by atoms with Gasteiger partial charge in [-0.05, 0) is 0 Å². The number of hydrogen-bond acceptors (Lipinski definition) is 4. The van der Waals surface area contributed by atoms with Gasteiger partial charge in [0, 0.05) is 5.92 Å². The zero-order valence-corrected chi connectivity index (χ0v) is 5.87. The van der Waals surface area contributed by atoms with Crippen LogP contribution in [0.3, 0.4) is 0 Å². The molecule has 1 aliphatic heterocycles. The summed E-state index contributed by atoms with van der Waals surface area (Å²) in [5, 5.41) is 10.0. The van der Waals surface area contributed by atoms with Gasteiger partial charge in [0.15, 0.2) is 0 Å². The quantitative estimate of drug-likeness (QED) is 0.386. The van der Waals surface area contributed by atoms with E-state index in [9.17, 15) is 9.90 Å². The Balaban J connectivity index is 0.000000810. The van der Waals surface area contributed by atoms with Gasteiger partial charge in [-0.2, -0.15) is 0 Å². The number of carbonyl (C=O) groups is 1. The van der Waals surface area contributed by atoms with Gasteiger partial charge in [0.2, 0.25) is 0 Å². The van der Waals surface area contributed by atoms with Crippen molar-refractivity contribution in [3.8, 4) is 0 Å². The van der Waals surface area contributed by atoms with Crippen molar-refractivity contribution < 1.29 is 33.5 Å². The largest absolute Gasteiger partial charge is 1.00 e. The van der Waals surface area contributed by atoms with E-state index in [0.717, 1.165) is 0 Å². The summed E-state index contributed by atoms with van der Waals surface area (Å²) in [5.41, 5.74) is 5.18. The molecule has 4 nitrogen and oxygen atoms in total. The molecule has 0 aromatic heterocycles. The molecule has 2 N–H and O–H groups in total. The predicted octanol–water partition coefficient (Wildman–Crippen LogP) is -5.29. The molecule has 5 heteroatoms. The minimum Gasteiger partial charge on any atom is -0.548 e. The van der Waals surface area contributed by atoms with Crippen LogP contribution in [0.5, 0.6) is 0 Å². The van der Waals surface area contributed by atoms with Gasteiger partial charge in [0.05, 0.1) is 25.2 Å². The van der Waals surface area contributed by atoms with E-state index in [1.807, 2.05) is 0 Å². The van der Waals surface area contributed by atoms with Crippen LogP contribution in [0, 0.1) is 5.92 Å². The molecule has 1 rings (SSSR count). The predicted molar refractivity (Wildman–Crippen MR) is 27.3 cm³/mol. The number of hydrogen-bond donors (Lipinski definition) is 1. The normalized spacial score (nSPS) is 20.5. The first-order chi connectivity index (χ1) is 4.22. The smallest absolute Gasteiger partial charge is 0.548 e. The second kappa shape index (κ2) is 3.99. The minimum atomic E-state index is -1.19. The van der Waals surface area contributed by atoms with E-state index in [2.05, 4.69) is 0 Å². The van der Waals surface area contributed by atoms with Crippen LogP contribution in [0.2, 0.25) is 0 Å². The molecule has 0 amide bonds. The number of ether oxygens (including phenoxy) is 1. The van der Waals surface area contributed by atoms with Gasteiger partial charge >= 0.3 is 18.9 Å². The summed E-state index contributed by atoms with van der Waals surface area (Å²) in [6, 6.07) is -0.848. The molecular weight excluding hydrogens is 129 g/mol. The molecule has 1 fully saturated rings. The molecule has 0 saturated carbocycles. The Morgan fingerprint density at radius 1 is 1.70 bits per heavy atom. The van der Waals surface area contributed by atoms with Crippen molar-refractivity contribution in [1.29, 1.82) is 0 Å². The van der Waals surface area contributed by atoms with Crippen LogP contribution in [-0.4, -0.2) is 25.2 Å². The molecule has 0 radical (unpaired) electrons. The average molecular weight is 137 g/mol. The number of rotatable bonds is 2. The van der Waals surface area contributed by atoms with Gasteiger partial charge in [0.25, 0.3) is 0 Å². The van der Waals surface area contributed by atoms with Gasteiger partial charge < -0.3 is 20.4 Å². The number of carboxylic acids is 1. The van der Waals surface area contributed by atoms with Crippen molar-refractivity contribution in [3.63, 3.8) is 0 Å². The first kappa shape index (κ1) is 9.99. The van der Waals surface area contributed by atoms with Crippen molar-refractivity contribution >= 4 is 5.97 Å². The third-order valence-corrected chi connectivity index (χ3v) is 1.44. The topological polar surface area (TPSA) is 75.4 Å². The number of nitrogens with two attached hydrogens (primary N) is 1. The van der Waals surface area contributed by atoms with Crippen LogP contribution in [0.25, 0.3) is 0 Å². The standard InChI is InChI=1S/C5H9NO3.Li/c6-4(5(7)8)3-1-9-2-3;/h3-4H,1-2,6H2,(H,7,8);/q;+1/p-1. The summed E-state index contributed by atoms with van der Waals surface area (Å²) in [5.74, 6) is -1.22. The SMILES string of the molecule is NC(C(=O)[O-])C1COC1.[Li+]. The van der Waals surface area contributed by atoms with Gasteiger partial charge in [-0.1, -0.05) is 0 Å². The molecule has 0 spiro atoms. The van der Waals surface area contributed by atoms with E-state index in [1.165, 1.54) is 0 Å². The van der Waals surface area contributed by atoms with E-state index in [-0.39, 0.29) is 24.8 Å². The van der Waals surface area contributed by atoms with Gasteiger partial charge in [-0.25, -0.2) is 0 Å². The molecule has 1 aliphatic rings. The van der Waals surface area contributed by atoms with Crippen LogP contribution in [0.1, 0.15) is 0 Å². The summed E-state index contributed by atoms with van der Waals surface area (Å²) in [7, 11) is 0. The van der Waals surface area contributed by atoms with E-state index in [4.69, 9.17) is 10.5 Å².